The molecule has 31 heavy (non-hydrogen) atoms. The van der Waals surface area contributed by atoms with E-state index in [0.717, 1.165) is 37.8 Å². The van der Waals surface area contributed by atoms with Gasteiger partial charge in [-0.2, -0.15) is 0 Å². The van der Waals surface area contributed by atoms with Gasteiger partial charge in [-0.25, -0.2) is 9.59 Å². The molecule has 0 radical (unpaired) electrons. The maximum Gasteiger partial charge on any atom is 0.409 e. The van der Waals surface area contributed by atoms with Crippen LogP contribution in [-0.4, -0.2) is 73.2 Å². The minimum atomic E-state index is -0.335. The number of methoxy groups -OCH3 is 1. The number of rotatable bonds is 8. The fourth-order valence-electron chi connectivity index (χ4n) is 4.47. The summed E-state index contributed by atoms with van der Waals surface area (Å²) in [5.41, 5.74) is 1.64. The molecule has 2 saturated heterocycles. The summed E-state index contributed by atoms with van der Waals surface area (Å²) >= 11 is 0. The molecule has 0 saturated carbocycles. The Hall–Kier alpha value is -2.61. The summed E-state index contributed by atoms with van der Waals surface area (Å²) in [6.07, 6.45) is 3.77. The van der Waals surface area contributed by atoms with Crippen molar-refractivity contribution in [1.29, 1.82) is 0 Å². The number of esters is 1. The number of benzene rings is 1. The molecule has 1 atom stereocenters. The standard InChI is InChI=1S/C23H33N3O5/c1-3-31-23(29)25-14-11-20(12-15-25)26-19(8-9-21(26)27)10-13-24-16-17-4-6-18(7-5-17)22(28)30-2/h4-7,19-20,24H,3,8-16H2,1-2H3/t19-/m0/s1. The first-order valence-corrected chi connectivity index (χ1v) is 11.1. The molecule has 0 aromatic heterocycles. The molecule has 3 rings (SSSR count). The number of piperidine rings is 1. The molecular formula is C23H33N3O5. The summed E-state index contributed by atoms with van der Waals surface area (Å²) in [6.45, 7) is 4.99. The summed E-state index contributed by atoms with van der Waals surface area (Å²) < 4.78 is 9.80. The summed E-state index contributed by atoms with van der Waals surface area (Å²) in [5, 5.41) is 3.44. The van der Waals surface area contributed by atoms with E-state index >= 15 is 0 Å². The molecule has 2 aliphatic rings. The first-order chi connectivity index (χ1) is 15.0. The lowest BCUT2D eigenvalue weighted by Crippen LogP contribution is -2.50. The smallest absolute Gasteiger partial charge is 0.409 e. The van der Waals surface area contributed by atoms with Gasteiger partial charge in [-0.15, -0.1) is 0 Å². The second-order valence-corrected chi connectivity index (χ2v) is 8.06. The molecule has 1 aromatic carbocycles. The Labute approximate surface area is 183 Å². The first kappa shape index (κ1) is 23.1. The van der Waals surface area contributed by atoms with Gasteiger partial charge in [-0.1, -0.05) is 12.1 Å². The van der Waals surface area contributed by atoms with Crippen LogP contribution in [0.4, 0.5) is 4.79 Å². The highest BCUT2D eigenvalue weighted by molar-refractivity contribution is 5.89. The van der Waals surface area contributed by atoms with Gasteiger partial charge in [-0.05, 0) is 56.8 Å². The molecule has 0 spiro atoms. The summed E-state index contributed by atoms with van der Waals surface area (Å²) in [7, 11) is 1.37. The van der Waals surface area contributed by atoms with Crippen molar-refractivity contribution in [2.24, 2.45) is 0 Å². The zero-order valence-corrected chi connectivity index (χ0v) is 18.5. The molecule has 2 amide bonds. The van der Waals surface area contributed by atoms with Crippen LogP contribution in [0.2, 0.25) is 0 Å². The summed E-state index contributed by atoms with van der Waals surface area (Å²) in [6, 6.07) is 7.83. The van der Waals surface area contributed by atoms with Gasteiger partial charge in [0.25, 0.3) is 0 Å². The second kappa shape index (κ2) is 11.1. The second-order valence-electron chi connectivity index (χ2n) is 8.06. The molecule has 0 aliphatic carbocycles. The van der Waals surface area contributed by atoms with Crippen LogP contribution in [0.15, 0.2) is 24.3 Å². The normalized spacial score (nSPS) is 19.5. The number of hydrogen-bond acceptors (Lipinski definition) is 6. The number of nitrogens with one attached hydrogen (secondary N) is 1. The number of hydrogen-bond donors (Lipinski definition) is 1. The average molecular weight is 432 g/mol. The van der Waals surface area contributed by atoms with Gasteiger partial charge in [0, 0.05) is 38.1 Å². The predicted octanol–water partition coefficient (Wildman–Crippen LogP) is 2.56. The highest BCUT2D eigenvalue weighted by Gasteiger charge is 2.37. The molecule has 1 aromatic rings. The Balaban J connectivity index is 1.43. The number of carbonyl (C=O) groups is 3. The van der Waals surface area contributed by atoms with Crippen LogP contribution < -0.4 is 5.32 Å². The van der Waals surface area contributed by atoms with E-state index in [1.54, 1.807) is 17.0 Å². The van der Waals surface area contributed by atoms with E-state index in [1.165, 1.54) is 7.11 Å². The average Bonchev–Trinajstić information content (AvgIpc) is 3.17. The van der Waals surface area contributed by atoms with Crippen molar-refractivity contribution >= 4 is 18.0 Å². The topological polar surface area (TPSA) is 88.2 Å². The Morgan fingerprint density at radius 1 is 1.13 bits per heavy atom. The Morgan fingerprint density at radius 3 is 2.48 bits per heavy atom. The van der Waals surface area contributed by atoms with E-state index in [0.29, 0.717) is 38.2 Å². The monoisotopic (exact) mass is 431 g/mol. The van der Waals surface area contributed by atoms with Crippen LogP contribution in [0.5, 0.6) is 0 Å². The van der Waals surface area contributed by atoms with Crippen molar-refractivity contribution in [2.75, 3.05) is 33.4 Å². The fraction of sp³-hybridized carbons (Fsp3) is 0.609. The maximum atomic E-state index is 12.5. The minimum Gasteiger partial charge on any atom is -0.465 e. The van der Waals surface area contributed by atoms with Gasteiger partial charge >= 0.3 is 12.1 Å². The molecule has 8 heteroatoms. The van der Waals surface area contributed by atoms with Crippen LogP contribution in [0.1, 0.15) is 54.9 Å². The van der Waals surface area contributed by atoms with Crippen LogP contribution in [0.25, 0.3) is 0 Å². The van der Waals surface area contributed by atoms with Crippen LogP contribution in [0, 0.1) is 0 Å². The third-order valence-corrected chi connectivity index (χ3v) is 6.12. The third-order valence-electron chi connectivity index (χ3n) is 6.12. The number of ether oxygens (including phenoxy) is 2. The van der Waals surface area contributed by atoms with Gasteiger partial charge < -0.3 is 24.6 Å². The molecule has 2 fully saturated rings. The van der Waals surface area contributed by atoms with Gasteiger partial charge in [0.1, 0.15) is 0 Å². The lowest BCUT2D eigenvalue weighted by atomic mass is 10.0. The number of likely N-dealkylation sites (tertiary alicyclic amines) is 2. The van der Waals surface area contributed by atoms with Crippen molar-refractivity contribution in [3.63, 3.8) is 0 Å². The van der Waals surface area contributed by atoms with Crippen molar-refractivity contribution in [1.82, 2.24) is 15.1 Å². The summed E-state index contributed by atoms with van der Waals surface area (Å²) in [4.78, 5) is 39.8. The molecule has 2 heterocycles. The van der Waals surface area contributed by atoms with E-state index < -0.39 is 0 Å². The Bertz CT molecular complexity index is 759. The number of amides is 2. The SMILES string of the molecule is CCOC(=O)N1CCC(N2C(=O)CC[C@H]2CCNCc2ccc(C(=O)OC)cc2)CC1. The molecule has 8 nitrogen and oxygen atoms in total. The van der Waals surface area contributed by atoms with E-state index in [2.05, 4.69) is 10.2 Å². The van der Waals surface area contributed by atoms with E-state index in [-0.39, 0.29) is 30.1 Å². The molecular weight excluding hydrogens is 398 g/mol. The lowest BCUT2D eigenvalue weighted by molar-refractivity contribution is -0.132. The van der Waals surface area contributed by atoms with Crippen molar-refractivity contribution in [2.45, 2.75) is 57.7 Å². The third kappa shape index (κ3) is 5.97. The Morgan fingerprint density at radius 2 is 1.84 bits per heavy atom. The van der Waals surface area contributed by atoms with Crippen molar-refractivity contribution in [3.8, 4) is 0 Å². The molecule has 0 bridgehead atoms. The highest BCUT2D eigenvalue weighted by Crippen LogP contribution is 2.28. The maximum absolute atomic E-state index is 12.5. The van der Waals surface area contributed by atoms with Gasteiger partial charge in [0.05, 0.1) is 19.3 Å². The lowest BCUT2D eigenvalue weighted by Gasteiger charge is -2.39. The minimum absolute atomic E-state index is 0.205. The zero-order valence-electron chi connectivity index (χ0n) is 18.5. The quantitative estimate of drug-likeness (QED) is 0.503. The van der Waals surface area contributed by atoms with Gasteiger partial charge in [-0.3, -0.25) is 4.79 Å². The fourth-order valence-corrected chi connectivity index (χ4v) is 4.47. The number of carbonyl (C=O) groups excluding carboxylic acids is 3. The van der Waals surface area contributed by atoms with E-state index in [1.807, 2.05) is 19.1 Å². The van der Waals surface area contributed by atoms with Crippen LogP contribution in [-0.2, 0) is 20.8 Å². The first-order valence-electron chi connectivity index (χ1n) is 11.1. The van der Waals surface area contributed by atoms with Gasteiger partial charge in [0.15, 0.2) is 0 Å². The largest absolute Gasteiger partial charge is 0.465 e. The van der Waals surface area contributed by atoms with Crippen LogP contribution in [0.3, 0.4) is 0 Å². The zero-order chi connectivity index (χ0) is 22.2. The van der Waals surface area contributed by atoms with Crippen molar-refractivity contribution in [3.05, 3.63) is 35.4 Å². The molecule has 1 N–H and O–H groups in total. The highest BCUT2D eigenvalue weighted by atomic mass is 16.6. The molecule has 0 unspecified atom stereocenters. The van der Waals surface area contributed by atoms with Gasteiger partial charge in [0.2, 0.25) is 5.91 Å². The summed E-state index contributed by atoms with van der Waals surface area (Å²) in [5.74, 6) is -0.100. The van der Waals surface area contributed by atoms with E-state index in [4.69, 9.17) is 9.47 Å². The van der Waals surface area contributed by atoms with Crippen molar-refractivity contribution < 1.29 is 23.9 Å². The Kier molecular flexibility index (Phi) is 8.28. The number of nitrogens with zero attached hydrogens (tertiary/aromatic N) is 2. The van der Waals surface area contributed by atoms with Crippen LogP contribution >= 0.6 is 0 Å². The molecule has 170 valence electrons. The molecule has 2 aliphatic heterocycles. The predicted molar refractivity (Wildman–Crippen MR) is 116 cm³/mol. The van der Waals surface area contributed by atoms with E-state index in [9.17, 15) is 14.4 Å².